The summed E-state index contributed by atoms with van der Waals surface area (Å²) in [7, 11) is -3.70. The number of rotatable bonds is 5. The number of fused-ring (bicyclic) bond motifs is 1. The summed E-state index contributed by atoms with van der Waals surface area (Å²) >= 11 is 1.41. The molecule has 0 aliphatic carbocycles. The third kappa shape index (κ3) is 4.76. The first-order chi connectivity index (χ1) is 14.8. The van der Waals surface area contributed by atoms with E-state index in [0.717, 1.165) is 10.5 Å². The van der Waals surface area contributed by atoms with E-state index >= 15 is 0 Å². The SMILES string of the molecule is C[C@H]1Sc2ccc(S(=O)(=O)N3CCC(C(=O)NCc4cccnc4)CC3)cc2NC1=O. The van der Waals surface area contributed by atoms with Crippen LogP contribution in [0.25, 0.3) is 0 Å². The summed E-state index contributed by atoms with van der Waals surface area (Å²) in [6.45, 7) is 2.78. The first kappa shape index (κ1) is 21.8. The molecule has 8 nitrogen and oxygen atoms in total. The number of nitrogens with one attached hydrogen (secondary N) is 2. The number of nitrogens with zero attached hydrogens (tertiary/aromatic N) is 2. The molecule has 2 aromatic rings. The van der Waals surface area contributed by atoms with Gasteiger partial charge in [0.25, 0.3) is 0 Å². The van der Waals surface area contributed by atoms with Crippen LogP contribution < -0.4 is 10.6 Å². The maximum atomic E-state index is 13.1. The Hall–Kier alpha value is -2.43. The number of benzene rings is 1. The number of thioether (sulfide) groups is 1. The fraction of sp³-hybridized carbons (Fsp3) is 0.381. The quantitative estimate of drug-likeness (QED) is 0.708. The van der Waals surface area contributed by atoms with E-state index in [1.165, 1.54) is 22.1 Å². The van der Waals surface area contributed by atoms with Gasteiger partial charge in [-0.3, -0.25) is 14.6 Å². The van der Waals surface area contributed by atoms with Gasteiger partial charge in [-0.15, -0.1) is 11.8 Å². The predicted octanol–water partition coefficient (Wildman–Crippen LogP) is 2.23. The van der Waals surface area contributed by atoms with Crippen LogP contribution in [0.3, 0.4) is 0 Å². The summed E-state index contributed by atoms with van der Waals surface area (Å²) in [6.07, 6.45) is 4.31. The molecule has 2 aliphatic heterocycles. The smallest absolute Gasteiger partial charge is 0.243 e. The summed E-state index contributed by atoms with van der Waals surface area (Å²) in [4.78, 5) is 29.4. The number of anilines is 1. The van der Waals surface area contributed by atoms with Crippen LogP contribution in [0.1, 0.15) is 25.3 Å². The molecule has 0 spiro atoms. The van der Waals surface area contributed by atoms with E-state index < -0.39 is 10.0 Å². The Kier molecular flexibility index (Phi) is 6.31. The van der Waals surface area contributed by atoms with E-state index in [0.29, 0.717) is 25.1 Å². The van der Waals surface area contributed by atoms with Crippen molar-refractivity contribution in [2.24, 2.45) is 5.92 Å². The topological polar surface area (TPSA) is 108 Å². The highest BCUT2D eigenvalue weighted by Crippen LogP contribution is 2.37. The van der Waals surface area contributed by atoms with Gasteiger partial charge in [-0.2, -0.15) is 4.31 Å². The second kappa shape index (κ2) is 8.97. The predicted molar refractivity (Wildman–Crippen MR) is 118 cm³/mol. The molecule has 1 saturated heterocycles. The molecule has 0 bridgehead atoms. The molecule has 1 fully saturated rings. The van der Waals surface area contributed by atoms with Gasteiger partial charge in [-0.1, -0.05) is 6.07 Å². The molecule has 10 heteroatoms. The van der Waals surface area contributed by atoms with Crippen molar-refractivity contribution in [2.45, 2.75) is 41.4 Å². The van der Waals surface area contributed by atoms with Crippen molar-refractivity contribution in [1.82, 2.24) is 14.6 Å². The second-order valence-corrected chi connectivity index (χ2v) is 11.0. The van der Waals surface area contributed by atoms with Gasteiger partial charge in [0.2, 0.25) is 21.8 Å². The van der Waals surface area contributed by atoms with Crippen LogP contribution in [0.2, 0.25) is 0 Å². The molecule has 0 radical (unpaired) electrons. The molecule has 2 amide bonds. The van der Waals surface area contributed by atoms with Gasteiger partial charge in [0.1, 0.15) is 0 Å². The number of hydrogen-bond donors (Lipinski definition) is 2. The lowest BCUT2D eigenvalue weighted by Crippen LogP contribution is -2.42. The molecular formula is C21H24N4O4S2. The number of pyridine rings is 1. The second-order valence-electron chi connectivity index (χ2n) is 7.66. The molecule has 1 atom stereocenters. The molecule has 0 unspecified atom stereocenters. The first-order valence-electron chi connectivity index (χ1n) is 10.1. The molecule has 2 aliphatic rings. The number of carbonyl (C=O) groups is 2. The van der Waals surface area contributed by atoms with Gasteiger partial charge >= 0.3 is 0 Å². The van der Waals surface area contributed by atoms with Crippen LogP contribution >= 0.6 is 11.8 Å². The lowest BCUT2D eigenvalue weighted by Gasteiger charge is -2.31. The maximum Gasteiger partial charge on any atom is 0.243 e. The van der Waals surface area contributed by atoms with Crippen LogP contribution in [-0.2, 0) is 26.2 Å². The Bertz CT molecular complexity index is 1080. The van der Waals surface area contributed by atoms with E-state index in [9.17, 15) is 18.0 Å². The van der Waals surface area contributed by atoms with Crippen molar-refractivity contribution < 1.29 is 18.0 Å². The minimum atomic E-state index is -3.70. The number of hydrogen-bond acceptors (Lipinski definition) is 6. The Morgan fingerprint density at radius 2 is 2.06 bits per heavy atom. The zero-order chi connectivity index (χ0) is 22.0. The Labute approximate surface area is 185 Å². The standard InChI is InChI=1S/C21H24N4O4S2/c1-14-20(26)24-18-11-17(4-5-19(18)30-14)31(28,29)25-9-6-16(7-10-25)21(27)23-13-15-3-2-8-22-12-15/h2-5,8,11-12,14,16H,6-7,9-10,13H2,1H3,(H,23,27)(H,24,26)/t14-/m1/s1. The van der Waals surface area contributed by atoms with Crippen molar-refractivity contribution in [3.63, 3.8) is 0 Å². The molecular weight excluding hydrogens is 436 g/mol. The Morgan fingerprint density at radius 1 is 1.29 bits per heavy atom. The fourth-order valence-electron chi connectivity index (χ4n) is 3.69. The maximum absolute atomic E-state index is 13.1. The normalized spacial score (nSPS) is 20.0. The Morgan fingerprint density at radius 3 is 2.77 bits per heavy atom. The minimum absolute atomic E-state index is 0.0662. The summed E-state index contributed by atoms with van der Waals surface area (Å²) < 4.78 is 27.6. The zero-order valence-electron chi connectivity index (χ0n) is 17.1. The van der Waals surface area contributed by atoms with Crippen LogP contribution in [0.15, 0.2) is 52.5 Å². The van der Waals surface area contributed by atoms with E-state index in [-0.39, 0.29) is 41.0 Å². The molecule has 1 aromatic heterocycles. The van der Waals surface area contributed by atoms with Gasteiger partial charge in [-0.05, 0) is 49.6 Å². The van der Waals surface area contributed by atoms with Crippen molar-refractivity contribution in [1.29, 1.82) is 0 Å². The molecule has 3 heterocycles. The number of piperidine rings is 1. The van der Waals surface area contributed by atoms with Gasteiger partial charge in [0, 0.05) is 42.8 Å². The number of sulfonamides is 1. The van der Waals surface area contributed by atoms with Gasteiger partial charge < -0.3 is 10.6 Å². The number of carbonyl (C=O) groups excluding carboxylic acids is 2. The monoisotopic (exact) mass is 460 g/mol. The Balaban J connectivity index is 1.37. The summed E-state index contributed by atoms with van der Waals surface area (Å²) in [5, 5.41) is 5.47. The fourth-order valence-corrected chi connectivity index (χ4v) is 6.12. The van der Waals surface area contributed by atoms with Crippen LogP contribution in [0, 0.1) is 5.92 Å². The van der Waals surface area contributed by atoms with Gasteiger partial charge in [0.05, 0.1) is 15.8 Å². The summed E-state index contributed by atoms with van der Waals surface area (Å²) in [6, 6.07) is 8.55. The van der Waals surface area contributed by atoms with Crippen molar-refractivity contribution in [3.8, 4) is 0 Å². The van der Waals surface area contributed by atoms with Crippen molar-refractivity contribution in [2.75, 3.05) is 18.4 Å². The number of aromatic nitrogens is 1. The molecule has 2 N–H and O–H groups in total. The summed E-state index contributed by atoms with van der Waals surface area (Å²) in [5.74, 6) is -0.419. The van der Waals surface area contributed by atoms with E-state index in [4.69, 9.17) is 0 Å². The van der Waals surface area contributed by atoms with Crippen LogP contribution in [-0.4, -0.2) is 47.9 Å². The van der Waals surface area contributed by atoms with Gasteiger partial charge in [0.15, 0.2) is 0 Å². The van der Waals surface area contributed by atoms with Crippen LogP contribution in [0.5, 0.6) is 0 Å². The highest BCUT2D eigenvalue weighted by molar-refractivity contribution is 8.01. The van der Waals surface area contributed by atoms with E-state index in [2.05, 4.69) is 15.6 Å². The van der Waals surface area contributed by atoms with Crippen molar-refractivity contribution >= 4 is 39.3 Å². The minimum Gasteiger partial charge on any atom is -0.352 e. The van der Waals surface area contributed by atoms with E-state index in [1.807, 2.05) is 19.1 Å². The highest BCUT2D eigenvalue weighted by atomic mass is 32.2. The molecule has 31 heavy (non-hydrogen) atoms. The van der Waals surface area contributed by atoms with Gasteiger partial charge in [-0.25, -0.2) is 8.42 Å². The summed E-state index contributed by atoms with van der Waals surface area (Å²) in [5.41, 5.74) is 1.45. The third-order valence-electron chi connectivity index (χ3n) is 5.53. The van der Waals surface area contributed by atoms with E-state index in [1.54, 1.807) is 24.5 Å². The molecule has 164 valence electrons. The zero-order valence-corrected chi connectivity index (χ0v) is 18.7. The van der Waals surface area contributed by atoms with Crippen LogP contribution in [0.4, 0.5) is 5.69 Å². The third-order valence-corrected chi connectivity index (χ3v) is 8.61. The lowest BCUT2D eigenvalue weighted by molar-refractivity contribution is -0.126. The molecule has 1 aromatic carbocycles. The number of amides is 2. The van der Waals surface area contributed by atoms with Crippen molar-refractivity contribution in [3.05, 3.63) is 48.3 Å². The average Bonchev–Trinajstić information content (AvgIpc) is 2.78. The lowest BCUT2D eigenvalue weighted by atomic mass is 9.97. The highest BCUT2D eigenvalue weighted by Gasteiger charge is 2.33. The first-order valence-corrected chi connectivity index (χ1v) is 12.4. The largest absolute Gasteiger partial charge is 0.352 e. The molecule has 4 rings (SSSR count). The molecule has 0 saturated carbocycles. The average molecular weight is 461 g/mol.